The summed E-state index contributed by atoms with van der Waals surface area (Å²) in [6.45, 7) is 0. The van der Waals surface area contributed by atoms with Crippen LogP contribution in [0.3, 0.4) is 0 Å². The van der Waals surface area contributed by atoms with Gasteiger partial charge in [0, 0.05) is 32.2 Å². The van der Waals surface area contributed by atoms with Crippen LogP contribution >= 0.6 is 0 Å². The molecule has 3 aromatic carbocycles. The quantitative estimate of drug-likeness (QED) is 0.218. The van der Waals surface area contributed by atoms with Gasteiger partial charge in [-0.3, -0.25) is 0 Å². The number of nitrogens with zero attached hydrogens (tertiary/aromatic N) is 1. The van der Waals surface area contributed by atoms with E-state index in [0.717, 1.165) is 22.8 Å². The van der Waals surface area contributed by atoms with Gasteiger partial charge < -0.3 is 14.5 Å². The molecule has 0 atom stereocenters. The van der Waals surface area contributed by atoms with Crippen LogP contribution in [0.4, 0.5) is 0 Å². The second kappa shape index (κ2) is 10.2. The predicted octanol–water partition coefficient (Wildman–Crippen LogP) is 5.74. The van der Waals surface area contributed by atoms with Crippen molar-refractivity contribution in [1.82, 2.24) is 4.98 Å². The fourth-order valence-corrected chi connectivity index (χ4v) is 3.50. The Morgan fingerprint density at radius 3 is 1.83 bits per heavy atom. The largest absolute Gasteiger partial charge is 0.497 e. The van der Waals surface area contributed by atoms with Crippen molar-refractivity contribution >= 4 is 0 Å². The Labute approximate surface area is 191 Å². The van der Waals surface area contributed by atoms with Gasteiger partial charge in [0.15, 0.2) is 0 Å². The standard InChI is InChI=1S/C26H22NO2.Ir/c1-28-23-13-9-19(10-14-23)26(20-11-15-24(29-2)16-12-20)22-7-5-6-21(18-22)25-8-3-4-17-27-25;/h3-5,7-18,26H,1-2H3;/q-1;. The number of methoxy groups -OCH3 is 2. The van der Waals surface area contributed by atoms with Crippen molar-refractivity contribution in [2.24, 2.45) is 0 Å². The number of rotatable bonds is 6. The second-order valence-electron chi connectivity index (χ2n) is 6.73. The maximum Gasteiger partial charge on any atom is 0.118 e. The van der Waals surface area contributed by atoms with Crippen molar-refractivity contribution in [3.63, 3.8) is 0 Å². The summed E-state index contributed by atoms with van der Waals surface area (Å²) in [6, 6.07) is 32.0. The van der Waals surface area contributed by atoms with E-state index in [0.29, 0.717) is 0 Å². The molecule has 0 spiro atoms. The van der Waals surface area contributed by atoms with Crippen molar-refractivity contribution < 1.29 is 29.6 Å². The zero-order chi connectivity index (χ0) is 20.1. The molecule has 4 aromatic rings. The molecule has 0 saturated heterocycles. The molecule has 0 aliphatic carbocycles. The minimum absolute atomic E-state index is 0. The summed E-state index contributed by atoms with van der Waals surface area (Å²) < 4.78 is 10.7. The summed E-state index contributed by atoms with van der Waals surface area (Å²) in [5.41, 5.74) is 5.45. The minimum atomic E-state index is 0. The van der Waals surface area contributed by atoms with Gasteiger partial charge >= 0.3 is 0 Å². The van der Waals surface area contributed by atoms with Gasteiger partial charge in [-0.1, -0.05) is 36.4 Å². The van der Waals surface area contributed by atoms with E-state index in [1.807, 2.05) is 48.5 Å². The van der Waals surface area contributed by atoms with Crippen LogP contribution in [-0.2, 0) is 20.1 Å². The fourth-order valence-electron chi connectivity index (χ4n) is 3.50. The van der Waals surface area contributed by atoms with Crippen LogP contribution in [0, 0.1) is 6.07 Å². The average molecular weight is 573 g/mol. The van der Waals surface area contributed by atoms with Gasteiger partial charge in [0.25, 0.3) is 0 Å². The van der Waals surface area contributed by atoms with Crippen LogP contribution in [0.2, 0.25) is 0 Å². The van der Waals surface area contributed by atoms with Crippen molar-refractivity contribution in [3.05, 3.63) is 114 Å². The number of hydrogen-bond donors (Lipinski definition) is 0. The Bertz CT molecular complexity index is 1020. The zero-order valence-corrected chi connectivity index (χ0v) is 19.2. The summed E-state index contributed by atoms with van der Waals surface area (Å²) in [5.74, 6) is 1.76. The normalized spacial score (nSPS) is 10.4. The van der Waals surface area contributed by atoms with E-state index in [1.54, 1.807) is 20.4 Å². The first-order valence-corrected chi connectivity index (χ1v) is 9.49. The molecule has 1 heterocycles. The number of ether oxygens (including phenoxy) is 2. The van der Waals surface area contributed by atoms with Crippen LogP contribution < -0.4 is 9.47 Å². The molecule has 3 nitrogen and oxygen atoms in total. The van der Waals surface area contributed by atoms with Crippen molar-refractivity contribution in [3.8, 4) is 22.8 Å². The molecule has 0 bridgehead atoms. The van der Waals surface area contributed by atoms with Crippen LogP contribution in [0.1, 0.15) is 22.6 Å². The molecule has 0 aliphatic rings. The van der Waals surface area contributed by atoms with E-state index in [9.17, 15) is 0 Å². The summed E-state index contributed by atoms with van der Waals surface area (Å²) in [5, 5.41) is 0. The summed E-state index contributed by atoms with van der Waals surface area (Å²) in [6.07, 6.45) is 1.81. The molecule has 1 aromatic heterocycles. The Kier molecular flexibility index (Phi) is 7.40. The smallest absolute Gasteiger partial charge is 0.118 e. The van der Waals surface area contributed by atoms with Gasteiger partial charge in [0.2, 0.25) is 0 Å². The Morgan fingerprint density at radius 1 is 0.733 bits per heavy atom. The van der Waals surface area contributed by atoms with Gasteiger partial charge in [-0.25, -0.2) is 0 Å². The molecule has 4 heteroatoms. The van der Waals surface area contributed by atoms with Gasteiger partial charge in [0.1, 0.15) is 11.5 Å². The van der Waals surface area contributed by atoms with E-state index in [1.165, 1.54) is 16.7 Å². The Morgan fingerprint density at radius 2 is 1.33 bits per heavy atom. The van der Waals surface area contributed by atoms with Crippen LogP contribution in [0.25, 0.3) is 11.3 Å². The summed E-state index contributed by atoms with van der Waals surface area (Å²) in [4.78, 5) is 4.48. The molecule has 0 aliphatic heterocycles. The number of hydrogen-bond acceptors (Lipinski definition) is 3. The first-order chi connectivity index (χ1) is 14.3. The average Bonchev–Trinajstić information content (AvgIpc) is 2.81. The fraction of sp³-hybridized carbons (Fsp3) is 0.115. The minimum Gasteiger partial charge on any atom is -0.497 e. The van der Waals surface area contributed by atoms with Crippen LogP contribution in [0.5, 0.6) is 11.5 Å². The third-order valence-electron chi connectivity index (χ3n) is 5.00. The Hall–Kier alpha value is -2.94. The molecule has 4 rings (SSSR count). The topological polar surface area (TPSA) is 31.4 Å². The second-order valence-corrected chi connectivity index (χ2v) is 6.73. The predicted molar refractivity (Wildman–Crippen MR) is 115 cm³/mol. The molecule has 0 N–H and O–H groups in total. The molecule has 0 fully saturated rings. The van der Waals surface area contributed by atoms with Crippen molar-refractivity contribution in [1.29, 1.82) is 0 Å². The number of aromatic nitrogens is 1. The van der Waals surface area contributed by atoms with Crippen molar-refractivity contribution in [2.75, 3.05) is 14.2 Å². The van der Waals surface area contributed by atoms with Crippen LogP contribution in [-0.4, -0.2) is 19.2 Å². The van der Waals surface area contributed by atoms with Gasteiger partial charge in [-0.15, -0.1) is 35.4 Å². The van der Waals surface area contributed by atoms with E-state index in [-0.39, 0.29) is 26.0 Å². The van der Waals surface area contributed by atoms with Gasteiger partial charge in [-0.05, 0) is 47.2 Å². The molecule has 1 radical (unpaired) electrons. The van der Waals surface area contributed by atoms with Gasteiger partial charge in [0.05, 0.1) is 14.2 Å². The van der Waals surface area contributed by atoms with E-state index < -0.39 is 0 Å². The SMILES string of the molecule is COc1ccc(C(c2ccc(OC)cc2)c2cc[c-]c(-c3ccccn3)c2)cc1.[Ir]. The molecular weight excluding hydrogens is 551 g/mol. The first-order valence-electron chi connectivity index (χ1n) is 9.49. The molecule has 0 saturated carbocycles. The number of benzene rings is 3. The first kappa shape index (κ1) is 21.8. The molecule has 0 amide bonds. The maximum atomic E-state index is 5.34. The summed E-state index contributed by atoms with van der Waals surface area (Å²) >= 11 is 0. The van der Waals surface area contributed by atoms with Gasteiger partial charge in [-0.2, -0.15) is 0 Å². The Balaban J connectivity index is 0.00000256. The molecule has 153 valence electrons. The summed E-state index contributed by atoms with van der Waals surface area (Å²) in [7, 11) is 3.37. The van der Waals surface area contributed by atoms with Crippen molar-refractivity contribution in [2.45, 2.75) is 5.92 Å². The monoisotopic (exact) mass is 573 g/mol. The maximum absolute atomic E-state index is 5.34. The van der Waals surface area contributed by atoms with E-state index in [4.69, 9.17) is 9.47 Å². The zero-order valence-electron chi connectivity index (χ0n) is 16.8. The van der Waals surface area contributed by atoms with E-state index >= 15 is 0 Å². The van der Waals surface area contributed by atoms with E-state index in [2.05, 4.69) is 47.4 Å². The molecule has 0 unspecified atom stereocenters. The third-order valence-corrected chi connectivity index (χ3v) is 5.00. The molecule has 30 heavy (non-hydrogen) atoms. The third kappa shape index (κ3) is 4.78. The van der Waals surface area contributed by atoms with Crippen LogP contribution in [0.15, 0.2) is 91.1 Å². The molecular formula is C26H22IrNO2-. The number of pyridine rings is 1.